The topological polar surface area (TPSA) is 29.3 Å². The van der Waals surface area contributed by atoms with Crippen molar-refractivity contribution >= 4 is 27.9 Å². The summed E-state index contributed by atoms with van der Waals surface area (Å²) < 4.78 is 2.14. The van der Waals surface area contributed by atoms with Gasteiger partial charge in [-0.05, 0) is 25.9 Å². The van der Waals surface area contributed by atoms with E-state index < -0.39 is 0 Å². The molecule has 5 heteroatoms. The predicted octanol–water partition coefficient (Wildman–Crippen LogP) is 2.52. The van der Waals surface area contributed by atoms with Crippen molar-refractivity contribution in [3.8, 4) is 0 Å². The van der Waals surface area contributed by atoms with Gasteiger partial charge in [-0.25, -0.2) is 4.98 Å². The van der Waals surface area contributed by atoms with Crippen LogP contribution in [0.5, 0.6) is 0 Å². The third kappa shape index (κ3) is 1.57. The lowest BCUT2D eigenvalue weighted by Gasteiger charge is -2.22. The second-order valence-corrected chi connectivity index (χ2v) is 5.10. The molecule has 3 heterocycles. The van der Waals surface area contributed by atoms with Crippen molar-refractivity contribution in [1.29, 1.82) is 0 Å². The van der Waals surface area contributed by atoms with Gasteiger partial charge in [0.05, 0.1) is 5.69 Å². The predicted molar refractivity (Wildman–Crippen MR) is 62.9 cm³/mol. The summed E-state index contributed by atoms with van der Waals surface area (Å²) in [5.74, 6) is 0.559. The summed E-state index contributed by atoms with van der Waals surface area (Å²) in [6.45, 7) is 2.16. The number of halogens is 1. The van der Waals surface area contributed by atoms with Crippen molar-refractivity contribution in [2.45, 2.75) is 18.8 Å². The molecule has 0 radical (unpaired) electrons. The highest BCUT2D eigenvalue weighted by molar-refractivity contribution is 7.15. The van der Waals surface area contributed by atoms with Gasteiger partial charge in [0.25, 0.3) is 0 Å². The Hall–Kier alpha value is -0.580. The number of nitrogens with zero attached hydrogens (tertiary/aromatic N) is 2. The highest BCUT2D eigenvalue weighted by Crippen LogP contribution is 2.32. The fraction of sp³-hybridized carbons (Fsp3) is 0.500. The number of fused-ring (bicyclic) bond motifs is 1. The third-order valence-electron chi connectivity index (χ3n) is 2.98. The highest BCUT2D eigenvalue weighted by Gasteiger charge is 2.22. The van der Waals surface area contributed by atoms with Crippen LogP contribution < -0.4 is 5.32 Å². The smallest absolute Gasteiger partial charge is 0.195 e. The zero-order valence-corrected chi connectivity index (χ0v) is 9.81. The Morgan fingerprint density at radius 1 is 1.47 bits per heavy atom. The van der Waals surface area contributed by atoms with Gasteiger partial charge >= 0.3 is 0 Å². The Labute approximate surface area is 97.1 Å². The van der Waals surface area contributed by atoms with E-state index in [1.807, 2.05) is 0 Å². The van der Waals surface area contributed by atoms with Crippen LogP contribution in [0.15, 0.2) is 11.6 Å². The highest BCUT2D eigenvalue weighted by atomic mass is 35.5. The normalized spacial score (nSPS) is 18.7. The average Bonchev–Trinajstić information content (AvgIpc) is 2.78. The van der Waals surface area contributed by atoms with Crippen LogP contribution in [-0.4, -0.2) is 22.5 Å². The summed E-state index contributed by atoms with van der Waals surface area (Å²) in [6.07, 6.45) is 4.38. The van der Waals surface area contributed by atoms with E-state index >= 15 is 0 Å². The maximum Gasteiger partial charge on any atom is 0.195 e. The molecule has 0 aliphatic carbocycles. The molecular weight excluding hydrogens is 230 g/mol. The molecule has 2 aromatic rings. The van der Waals surface area contributed by atoms with Crippen LogP contribution in [-0.2, 0) is 0 Å². The van der Waals surface area contributed by atoms with Crippen molar-refractivity contribution in [1.82, 2.24) is 14.7 Å². The van der Waals surface area contributed by atoms with Crippen LogP contribution in [0, 0.1) is 0 Å². The maximum atomic E-state index is 6.20. The fourth-order valence-electron chi connectivity index (χ4n) is 2.24. The molecule has 0 bridgehead atoms. The first-order valence-corrected chi connectivity index (χ1v) is 6.43. The lowest BCUT2D eigenvalue weighted by atomic mass is 9.95. The number of aromatic nitrogens is 2. The van der Waals surface area contributed by atoms with Crippen LogP contribution in [0.1, 0.15) is 24.5 Å². The number of nitrogens with one attached hydrogen (secondary N) is 1. The van der Waals surface area contributed by atoms with Crippen molar-refractivity contribution in [3.05, 3.63) is 22.4 Å². The van der Waals surface area contributed by atoms with E-state index in [0.717, 1.165) is 30.9 Å². The van der Waals surface area contributed by atoms with E-state index in [2.05, 4.69) is 26.3 Å². The molecule has 80 valence electrons. The number of thiazole rings is 1. The lowest BCUT2D eigenvalue weighted by Crippen LogP contribution is -2.27. The molecular formula is C10H12ClN3S. The monoisotopic (exact) mass is 241 g/mol. The van der Waals surface area contributed by atoms with Gasteiger partial charge in [0.1, 0.15) is 0 Å². The Kier molecular flexibility index (Phi) is 2.42. The summed E-state index contributed by atoms with van der Waals surface area (Å²) in [5, 5.41) is 6.12. The van der Waals surface area contributed by atoms with E-state index in [9.17, 15) is 0 Å². The molecule has 3 nitrogen and oxygen atoms in total. The van der Waals surface area contributed by atoms with Crippen LogP contribution >= 0.6 is 22.9 Å². The van der Waals surface area contributed by atoms with E-state index in [1.165, 1.54) is 5.69 Å². The van der Waals surface area contributed by atoms with Gasteiger partial charge < -0.3 is 5.32 Å². The van der Waals surface area contributed by atoms with Crippen molar-refractivity contribution in [2.75, 3.05) is 13.1 Å². The summed E-state index contributed by atoms with van der Waals surface area (Å²) in [6, 6.07) is 0. The summed E-state index contributed by atoms with van der Waals surface area (Å²) in [7, 11) is 0. The van der Waals surface area contributed by atoms with E-state index in [4.69, 9.17) is 11.6 Å². The Bertz CT molecular complexity index is 470. The summed E-state index contributed by atoms with van der Waals surface area (Å²) in [4.78, 5) is 5.38. The molecule has 15 heavy (non-hydrogen) atoms. The van der Waals surface area contributed by atoms with Gasteiger partial charge in [0.15, 0.2) is 10.1 Å². The number of imidazole rings is 1. The maximum absolute atomic E-state index is 6.20. The molecule has 0 amide bonds. The van der Waals surface area contributed by atoms with E-state index in [1.54, 1.807) is 11.3 Å². The number of piperidine rings is 1. The molecule has 1 aliphatic heterocycles. The molecule has 0 unspecified atom stereocenters. The van der Waals surface area contributed by atoms with Crippen molar-refractivity contribution in [2.24, 2.45) is 0 Å². The lowest BCUT2D eigenvalue weighted by molar-refractivity contribution is 0.452. The Balaban J connectivity index is 2.07. The number of rotatable bonds is 1. The standard InChI is InChI=1S/C10H12ClN3S/c11-9-8(7-1-3-12-4-2-7)14-5-6-15-10(14)13-9/h5-7,12H,1-4H2. The Morgan fingerprint density at radius 3 is 3.07 bits per heavy atom. The van der Waals surface area contributed by atoms with Gasteiger partial charge in [-0.3, -0.25) is 4.40 Å². The molecule has 3 rings (SSSR count). The molecule has 0 atom stereocenters. The molecule has 1 N–H and O–H groups in total. The Morgan fingerprint density at radius 2 is 2.27 bits per heavy atom. The largest absolute Gasteiger partial charge is 0.317 e. The second-order valence-electron chi connectivity index (χ2n) is 3.87. The summed E-state index contributed by atoms with van der Waals surface area (Å²) >= 11 is 7.83. The quantitative estimate of drug-likeness (QED) is 0.832. The minimum atomic E-state index is 0.559. The molecule has 0 saturated carbocycles. The van der Waals surface area contributed by atoms with Crippen LogP contribution in [0.3, 0.4) is 0 Å². The van der Waals surface area contributed by atoms with Gasteiger partial charge in [-0.1, -0.05) is 11.6 Å². The van der Waals surface area contributed by atoms with Gasteiger partial charge in [0.2, 0.25) is 0 Å². The first-order chi connectivity index (χ1) is 7.36. The molecule has 1 aliphatic rings. The summed E-state index contributed by atoms with van der Waals surface area (Å²) in [5.41, 5.74) is 1.20. The van der Waals surface area contributed by atoms with Gasteiger partial charge in [-0.15, -0.1) is 11.3 Å². The van der Waals surface area contributed by atoms with Gasteiger partial charge in [-0.2, -0.15) is 0 Å². The van der Waals surface area contributed by atoms with Crippen LogP contribution in [0.2, 0.25) is 5.15 Å². The molecule has 0 aromatic carbocycles. The molecule has 1 saturated heterocycles. The fourth-order valence-corrected chi connectivity index (χ4v) is 3.33. The zero-order chi connectivity index (χ0) is 10.3. The molecule has 2 aromatic heterocycles. The minimum Gasteiger partial charge on any atom is -0.317 e. The zero-order valence-electron chi connectivity index (χ0n) is 8.24. The van der Waals surface area contributed by atoms with Gasteiger partial charge in [0, 0.05) is 17.5 Å². The number of hydrogen-bond donors (Lipinski definition) is 1. The van der Waals surface area contributed by atoms with E-state index in [-0.39, 0.29) is 0 Å². The van der Waals surface area contributed by atoms with Crippen molar-refractivity contribution in [3.63, 3.8) is 0 Å². The molecule has 1 fully saturated rings. The van der Waals surface area contributed by atoms with Crippen LogP contribution in [0.4, 0.5) is 0 Å². The average molecular weight is 242 g/mol. The minimum absolute atomic E-state index is 0.559. The number of hydrogen-bond acceptors (Lipinski definition) is 3. The van der Waals surface area contributed by atoms with E-state index in [0.29, 0.717) is 11.1 Å². The first kappa shape index (κ1) is 9.63. The second kappa shape index (κ2) is 3.77. The first-order valence-electron chi connectivity index (χ1n) is 5.18. The van der Waals surface area contributed by atoms with Crippen LogP contribution in [0.25, 0.3) is 4.96 Å². The third-order valence-corrected chi connectivity index (χ3v) is 4.01. The van der Waals surface area contributed by atoms with Crippen molar-refractivity contribution < 1.29 is 0 Å². The molecule has 0 spiro atoms. The SMILES string of the molecule is Clc1nc2sccn2c1C1CCNCC1.